The van der Waals surface area contributed by atoms with Gasteiger partial charge in [0, 0.05) is 6.42 Å². The lowest BCUT2D eigenvalue weighted by molar-refractivity contribution is 0.414. The van der Waals surface area contributed by atoms with E-state index in [1.54, 1.807) is 12.1 Å². The van der Waals surface area contributed by atoms with E-state index >= 15 is 0 Å². The molecule has 0 bridgehead atoms. The molecule has 1 N–H and O–H groups in total. The lowest BCUT2D eigenvalue weighted by Crippen LogP contribution is -1.92. The molecule has 3 rings (SSSR count). The Morgan fingerprint density at radius 2 is 1.90 bits per heavy atom. The average Bonchev–Trinajstić information content (AvgIpc) is 2.87. The van der Waals surface area contributed by atoms with Crippen LogP contribution in [0.15, 0.2) is 47.0 Å². The summed E-state index contributed by atoms with van der Waals surface area (Å²) in [6, 6.07) is 9.88. The van der Waals surface area contributed by atoms with Crippen molar-refractivity contribution in [2.75, 3.05) is 0 Å². The summed E-state index contributed by atoms with van der Waals surface area (Å²) in [6.07, 6.45) is 0.247. The second kappa shape index (κ2) is 5.32. The second-order valence-electron chi connectivity index (χ2n) is 4.46. The molecule has 3 aromatic rings. The lowest BCUT2D eigenvalue weighted by atomic mass is 10.1. The molecule has 1 heterocycles. The summed E-state index contributed by atoms with van der Waals surface area (Å²) in [4.78, 5) is 4.03. The van der Waals surface area contributed by atoms with Gasteiger partial charge in [0.05, 0.1) is 0 Å². The van der Waals surface area contributed by atoms with Gasteiger partial charge in [0.2, 0.25) is 0 Å². The second-order valence-corrected chi connectivity index (χ2v) is 4.46. The molecular formula is C15H10F2N2O2. The number of aromatic hydroxyl groups is 1. The molecule has 0 amide bonds. The van der Waals surface area contributed by atoms with Crippen LogP contribution in [0.25, 0.3) is 11.5 Å². The fraction of sp³-hybridized carbons (Fsp3) is 0.0667. The first-order valence-electron chi connectivity index (χ1n) is 6.18. The van der Waals surface area contributed by atoms with Crippen LogP contribution in [0.5, 0.6) is 5.75 Å². The van der Waals surface area contributed by atoms with Crippen LogP contribution in [-0.4, -0.2) is 15.2 Å². The largest absolute Gasteiger partial charge is 0.507 e. The van der Waals surface area contributed by atoms with E-state index in [4.69, 9.17) is 4.52 Å². The van der Waals surface area contributed by atoms with E-state index in [9.17, 15) is 13.9 Å². The monoisotopic (exact) mass is 288 g/mol. The quantitative estimate of drug-likeness (QED) is 0.803. The van der Waals surface area contributed by atoms with E-state index in [0.29, 0.717) is 5.56 Å². The minimum atomic E-state index is -0.657. The van der Waals surface area contributed by atoms with Crippen molar-refractivity contribution in [3.8, 4) is 17.2 Å². The molecule has 2 aromatic carbocycles. The maximum atomic E-state index is 13.7. The third kappa shape index (κ3) is 2.74. The summed E-state index contributed by atoms with van der Waals surface area (Å²) >= 11 is 0. The Morgan fingerprint density at radius 1 is 1.10 bits per heavy atom. The van der Waals surface area contributed by atoms with Crippen LogP contribution in [0, 0.1) is 11.6 Å². The molecule has 0 spiro atoms. The first-order chi connectivity index (χ1) is 10.1. The first-order valence-corrected chi connectivity index (χ1v) is 6.18. The Balaban J connectivity index is 1.90. The van der Waals surface area contributed by atoms with Crippen LogP contribution in [0.1, 0.15) is 11.4 Å². The van der Waals surface area contributed by atoms with Crippen LogP contribution in [0.2, 0.25) is 0 Å². The third-order valence-electron chi connectivity index (χ3n) is 2.92. The number of phenolic OH excluding ortho intramolecular Hbond substituents is 1. The minimum absolute atomic E-state index is 0.114. The number of phenols is 1. The molecule has 106 valence electrons. The number of benzene rings is 2. The maximum absolute atomic E-state index is 13.7. The number of hydrogen-bond donors (Lipinski definition) is 1. The van der Waals surface area contributed by atoms with Crippen LogP contribution in [0.4, 0.5) is 8.78 Å². The van der Waals surface area contributed by atoms with Gasteiger partial charge in [0.1, 0.15) is 22.9 Å². The standard InChI is InChI=1S/C15H10F2N2O2/c16-10-4-1-3-9(7-10)8-13-18-15(21-19-13)14-11(17)5-2-6-12(14)20/h1-7,20H,8H2. The van der Waals surface area contributed by atoms with Gasteiger partial charge in [-0.15, -0.1) is 0 Å². The van der Waals surface area contributed by atoms with Gasteiger partial charge in [-0.2, -0.15) is 4.98 Å². The molecule has 0 aliphatic carbocycles. The van der Waals surface area contributed by atoms with Gasteiger partial charge < -0.3 is 9.63 Å². The van der Waals surface area contributed by atoms with Crippen molar-refractivity contribution in [2.45, 2.75) is 6.42 Å². The molecule has 0 saturated heterocycles. The highest BCUT2D eigenvalue weighted by Gasteiger charge is 2.17. The first kappa shape index (κ1) is 13.2. The van der Waals surface area contributed by atoms with Crippen LogP contribution in [0.3, 0.4) is 0 Å². The Kier molecular flexibility index (Phi) is 3.35. The van der Waals surface area contributed by atoms with E-state index in [1.165, 1.54) is 30.3 Å². The van der Waals surface area contributed by atoms with Gasteiger partial charge in [-0.3, -0.25) is 0 Å². The molecule has 1 aromatic heterocycles. The summed E-state index contributed by atoms with van der Waals surface area (Å²) < 4.78 is 31.7. The summed E-state index contributed by atoms with van der Waals surface area (Å²) in [5.41, 5.74) is 0.524. The van der Waals surface area contributed by atoms with E-state index in [-0.39, 0.29) is 35.3 Å². The Hall–Kier alpha value is -2.76. The number of hydrogen-bond acceptors (Lipinski definition) is 4. The molecule has 0 saturated carbocycles. The summed E-state index contributed by atoms with van der Waals surface area (Å²) in [5.74, 6) is -1.13. The molecule has 4 nitrogen and oxygen atoms in total. The van der Waals surface area contributed by atoms with Gasteiger partial charge in [0.25, 0.3) is 5.89 Å². The van der Waals surface area contributed by atoms with Gasteiger partial charge >= 0.3 is 0 Å². The van der Waals surface area contributed by atoms with Crippen LogP contribution in [-0.2, 0) is 6.42 Å². The molecule has 0 atom stereocenters. The van der Waals surface area contributed by atoms with Gasteiger partial charge in [-0.1, -0.05) is 23.4 Å². The molecule has 6 heteroatoms. The van der Waals surface area contributed by atoms with Crippen molar-refractivity contribution in [3.05, 3.63) is 65.5 Å². The van der Waals surface area contributed by atoms with Crippen LogP contribution >= 0.6 is 0 Å². The van der Waals surface area contributed by atoms with Gasteiger partial charge in [-0.05, 0) is 29.8 Å². The minimum Gasteiger partial charge on any atom is -0.507 e. The molecule has 0 aliphatic rings. The molecule has 0 fully saturated rings. The average molecular weight is 288 g/mol. The highest BCUT2D eigenvalue weighted by atomic mass is 19.1. The molecule has 0 radical (unpaired) electrons. The highest BCUT2D eigenvalue weighted by molar-refractivity contribution is 5.62. The van der Waals surface area contributed by atoms with E-state index in [0.717, 1.165) is 0 Å². The zero-order chi connectivity index (χ0) is 14.8. The number of nitrogens with zero attached hydrogens (tertiary/aromatic N) is 2. The zero-order valence-corrected chi connectivity index (χ0v) is 10.8. The summed E-state index contributed by atoms with van der Waals surface area (Å²) in [7, 11) is 0. The summed E-state index contributed by atoms with van der Waals surface area (Å²) in [5, 5.41) is 13.4. The molecule has 21 heavy (non-hydrogen) atoms. The molecular weight excluding hydrogens is 278 g/mol. The van der Waals surface area contributed by atoms with Crippen molar-refractivity contribution in [1.82, 2.24) is 10.1 Å². The predicted molar refractivity (Wildman–Crippen MR) is 70.6 cm³/mol. The number of aromatic nitrogens is 2. The fourth-order valence-corrected chi connectivity index (χ4v) is 1.98. The van der Waals surface area contributed by atoms with Crippen molar-refractivity contribution >= 4 is 0 Å². The van der Waals surface area contributed by atoms with Crippen molar-refractivity contribution in [1.29, 1.82) is 0 Å². The van der Waals surface area contributed by atoms with Gasteiger partial charge in [-0.25, -0.2) is 8.78 Å². The smallest absolute Gasteiger partial charge is 0.264 e. The normalized spacial score (nSPS) is 10.8. The Morgan fingerprint density at radius 3 is 2.67 bits per heavy atom. The van der Waals surface area contributed by atoms with E-state index in [2.05, 4.69) is 10.1 Å². The Labute approximate surface area is 118 Å². The van der Waals surface area contributed by atoms with Crippen molar-refractivity contribution < 1.29 is 18.4 Å². The van der Waals surface area contributed by atoms with Crippen molar-refractivity contribution in [3.63, 3.8) is 0 Å². The van der Waals surface area contributed by atoms with E-state index < -0.39 is 5.82 Å². The number of halogens is 2. The molecule has 0 unspecified atom stereocenters. The topological polar surface area (TPSA) is 59.2 Å². The zero-order valence-electron chi connectivity index (χ0n) is 10.8. The van der Waals surface area contributed by atoms with E-state index in [1.807, 2.05) is 0 Å². The maximum Gasteiger partial charge on any atom is 0.264 e. The Bertz CT molecular complexity index is 767. The van der Waals surface area contributed by atoms with Crippen LogP contribution < -0.4 is 0 Å². The summed E-state index contributed by atoms with van der Waals surface area (Å²) in [6.45, 7) is 0. The van der Waals surface area contributed by atoms with Gasteiger partial charge in [0.15, 0.2) is 5.82 Å². The fourth-order valence-electron chi connectivity index (χ4n) is 1.98. The van der Waals surface area contributed by atoms with Crippen molar-refractivity contribution in [2.24, 2.45) is 0 Å². The lowest BCUT2D eigenvalue weighted by Gasteiger charge is -1.99. The number of rotatable bonds is 3. The predicted octanol–water partition coefficient (Wildman–Crippen LogP) is 3.31. The SMILES string of the molecule is Oc1cccc(F)c1-c1nc(Cc2cccc(F)c2)no1. The highest BCUT2D eigenvalue weighted by Crippen LogP contribution is 2.30. The molecule has 0 aliphatic heterocycles. The third-order valence-corrected chi connectivity index (χ3v) is 2.92.